The minimum Gasteiger partial charge on any atom is -0.462 e. The molecule has 0 N–H and O–H groups in total. The third-order valence-corrected chi connectivity index (χ3v) is 6.99. The highest BCUT2D eigenvalue weighted by Gasteiger charge is 2.30. The van der Waals surface area contributed by atoms with Crippen molar-refractivity contribution in [3.63, 3.8) is 0 Å². The van der Waals surface area contributed by atoms with Crippen molar-refractivity contribution in [2.45, 2.75) is 31.7 Å². The first-order chi connectivity index (χ1) is 13.8. The van der Waals surface area contributed by atoms with Crippen molar-refractivity contribution in [3.05, 3.63) is 61.9 Å². The zero-order chi connectivity index (χ0) is 21.0. The van der Waals surface area contributed by atoms with E-state index >= 15 is 0 Å². The number of nitrogens with zero attached hydrogens (tertiary/aromatic N) is 1. The Balaban J connectivity index is 1.85. The Kier molecular flexibility index (Phi) is 7.23. The van der Waals surface area contributed by atoms with Crippen LogP contribution in [0.1, 0.15) is 40.7 Å². The fourth-order valence-electron chi connectivity index (χ4n) is 2.60. The molecular weight excluding hydrogens is 487 g/mol. The number of allylic oxidation sites excluding steroid dienone is 4. The van der Waals surface area contributed by atoms with Crippen molar-refractivity contribution < 1.29 is 22.7 Å². The average molecular weight is 504 g/mol. The molecule has 1 aliphatic rings. The van der Waals surface area contributed by atoms with Gasteiger partial charge >= 0.3 is 12.1 Å². The lowest BCUT2D eigenvalue weighted by Crippen LogP contribution is -2.05. The molecule has 1 aromatic heterocycles. The molecule has 0 saturated carbocycles. The minimum atomic E-state index is -4.39. The number of ether oxygens (including phenoxy) is 1. The first kappa shape index (κ1) is 22.1. The Morgan fingerprint density at radius 2 is 1.97 bits per heavy atom. The van der Waals surface area contributed by atoms with Crippen molar-refractivity contribution in [1.82, 2.24) is 4.98 Å². The second kappa shape index (κ2) is 9.49. The Hall–Kier alpha value is -1.58. The normalized spacial score (nSPS) is 14.4. The number of carbonyl (C=O) groups excluding carboxylic acids is 1. The van der Waals surface area contributed by atoms with E-state index in [0.29, 0.717) is 26.9 Å². The van der Waals surface area contributed by atoms with E-state index in [9.17, 15) is 18.0 Å². The number of carbonyl (C=O) groups is 1. The molecule has 9 heteroatoms. The maximum Gasteiger partial charge on any atom is 0.416 e. The van der Waals surface area contributed by atoms with E-state index in [4.69, 9.17) is 4.74 Å². The van der Waals surface area contributed by atoms with E-state index in [0.717, 1.165) is 40.8 Å². The van der Waals surface area contributed by atoms with Crippen LogP contribution in [0.2, 0.25) is 0 Å². The first-order valence-corrected chi connectivity index (χ1v) is 11.4. The van der Waals surface area contributed by atoms with Gasteiger partial charge in [0, 0.05) is 11.3 Å². The van der Waals surface area contributed by atoms with Gasteiger partial charge in [-0.1, -0.05) is 40.2 Å². The number of benzene rings is 1. The number of thiazole rings is 1. The molecule has 0 fully saturated rings. The highest BCUT2D eigenvalue weighted by atomic mass is 79.9. The Bertz CT molecular complexity index is 950. The van der Waals surface area contributed by atoms with E-state index in [1.54, 1.807) is 18.7 Å². The van der Waals surface area contributed by atoms with Gasteiger partial charge in [0.25, 0.3) is 0 Å². The molecule has 1 heterocycles. The average Bonchev–Trinajstić information content (AvgIpc) is 3.12. The van der Waals surface area contributed by atoms with Crippen LogP contribution in [-0.2, 0) is 16.7 Å². The number of rotatable bonds is 6. The van der Waals surface area contributed by atoms with Crippen LogP contribution in [0.4, 0.5) is 13.2 Å². The van der Waals surface area contributed by atoms with Gasteiger partial charge in [-0.2, -0.15) is 13.2 Å². The monoisotopic (exact) mass is 503 g/mol. The summed E-state index contributed by atoms with van der Waals surface area (Å²) in [6.07, 6.45) is 1.48. The summed E-state index contributed by atoms with van der Waals surface area (Å²) < 4.78 is 44.7. The molecule has 0 saturated heterocycles. The summed E-state index contributed by atoms with van der Waals surface area (Å²) in [5.74, 6) is 0.0294. The lowest BCUT2D eigenvalue weighted by Gasteiger charge is -2.10. The molecule has 0 bridgehead atoms. The summed E-state index contributed by atoms with van der Waals surface area (Å²) in [5, 5.41) is 0.498. The highest BCUT2D eigenvalue weighted by molar-refractivity contribution is 9.11. The Morgan fingerprint density at radius 1 is 1.24 bits per heavy atom. The predicted octanol–water partition coefficient (Wildman–Crippen LogP) is 7.20. The van der Waals surface area contributed by atoms with Crippen LogP contribution in [0.15, 0.2) is 45.8 Å². The maximum atomic E-state index is 12.8. The quantitative estimate of drug-likeness (QED) is 0.390. The third-order valence-electron chi connectivity index (χ3n) is 4.07. The highest BCUT2D eigenvalue weighted by Crippen LogP contribution is 2.36. The van der Waals surface area contributed by atoms with Gasteiger partial charge in [0.05, 0.1) is 17.9 Å². The smallest absolute Gasteiger partial charge is 0.416 e. The second-order valence-electron chi connectivity index (χ2n) is 6.13. The molecule has 1 aromatic carbocycles. The molecule has 0 amide bonds. The maximum absolute atomic E-state index is 12.8. The fraction of sp³-hybridized carbons (Fsp3) is 0.300. The van der Waals surface area contributed by atoms with E-state index in [1.807, 2.05) is 12.2 Å². The number of thioether (sulfide) groups is 1. The van der Waals surface area contributed by atoms with Gasteiger partial charge in [-0.15, -0.1) is 23.1 Å². The van der Waals surface area contributed by atoms with E-state index < -0.39 is 17.7 Å². The molecule has 154 valence electrons. The van der Waals surface area contributed by atoms with E-state index in [2.05, 4.69) is 20.9 Å². The molecule has 0 aliphatic heterocycles. The van der Waals surface area contributed by atoms with Gasteiger partial charge in [0.15, 0.2) is 0 Å². The molecule has 0 radical (unpaired) electrons. The minimum absolute atomic E-state index is 0.239. The molecule has 1 aliphatic carbocycles. The number of alkyl halides is 3. The SMILES string of the molecule is CCOC(=O)c1sc(-c2ccc(C(F)(F)F)cc2)nc1CSC1=CC=C(Br)CC1. The van der Waals surface area contributed by atoms with Crippen molar-refractivity contribution in [2.24, 2.45) is 0 Å². The molecule has 3 rings (SSSR count). The summed E-state index contributed by atoms with van der Waals surface area (Å²) in [6, 6.07) is 4.79. The van der Waals surface area contributed by atoms with Crippen LogP contribution in [0, 0.1) is 0 Å². The van der Waals surface area contributed by atoms with Crippen LogP contribution in [-0.4, -0.2) is 17.6 Å². The molecule has 29 heavy (non-hydrogen) atoms. The fourth-order valence-corrected chi connectivity index (χ4v) is 4.95. The number of hydrogen-bond acceptors (Lipinski definition) is 5. The van der Waals surface area contributed by atoms with Crippen LogP contribution >= 0.6 is 39.0 Å². The van der Waals surface area contributed by atoms with E-state index in [-0.39, 0.29) is 6.61 Å². The van der Waals surface area contributed by atoms with Crippen LogP contribution in [0.3, 0.4) is 0 Å². The predicted molar refractivity (Wildman–Crippen MR) is 114 cm³/mol. The first-order valence-electron chi connectivity index (χ1n) is 8.80. The zero-order valence-corrected chi connectivity index (χ0v) is 18.6. The molecule has 0 unspecified atom stereocenters. The van der Waals surface area contributed by atoms with Crippen LogP contribution in [0.5, 0.6) is 0 Å². The molecule has 0 spiro atoms. The van der Waals surface area contributed by atoms with Gasteiger partial charge in [0.2, 0.25) is 0 Å². The summed E-state index contributed by atoms with van der Waals surface area (Å²) in [4.78, 5) is 18.5. The Labute approximate surface area is 183 Å². The lowest BCUT2D eigenvalue weighted by molar-refractivity contribution is -0.137. The van der Waals surface area contributed by atoms with Gasteiger partial charge in [-0.3, -0.25) is 0 Å². The summed E-state index contributed by atoms with van der Waals surface area (Å²) in [7, 11) is 0. The number of halogens is 4. The van der Waals surface area contributed by atoms with Crippen LogP contribution < -0.4 is 0 Å². The van der Waals surface area contributed by atoms with Crippen LogP contribution in [0.25, 0.3) is 10.6 Å². The van der Waals surface area contributed by atoms with Crippen molar-refractivity contribution in [2.75, 3.05) is 6.61 Å². The van der Waals surface area contributed by atoms with E-state index in [1.165, 1.54) is 17.0 Å². The standard InChI is InChI=1S/C20H17BrF3NO2S2/c1-2-27-19(26)17-16(11-28-15-9-7-14(21)8-10-15)25-18(29-17)12-3-5-13(6-4-12)20(22,23)24/h3-7,9H,2,8,10-11H2,1H3. The molecule has 3 nitrogen and oxygen atoms in total. The summed E-state index contributed by atoms with van der Waals surface area (Å²) in [6.45, 7) is 1.96. The Morgan fingerprint density at radius 3 is 2.55 bits per heavy atom. The van der Waals surface area contributed by atoms with Crippen molar-refractivity contribution >= 4 is 45.0 Å². The lowest BCUT2D eigenvalue weighted by atomic mass is 10.1. The zero-order valence-electron chi connectivity index (χ0n) is 15.4. The van der Waals surface area contributed by atoms with Gasteiger partial charge in [-0.25, -0.2) is 9.78 Å². The largest absolute Gasteiger partial charge is 0.462 e. The van der Waals surface area contributed by atoms with Gasteiger partial charge in [-0.05, 0) is 41.3 Å². The second-order valence-corrected chi connectivity index (χ2v) is 9.24. The number of esters is 1. The molecule has 2 aromatic rings. The van der Waals surface area contributed by atoms with Gasteiger partial charge < -0.3 is 4.74 Å². The topological polar surface area (TPSA) is 39.2 Å². The van der Waals surface area contributed by atoms with Crippen molar-refractivity contribution in [1.29, 1.82) is 0 Å². The third kappa shape index (κ3) is 5.73. The number of hydrogen-bond donors (Lipinski definition) is 0. The molecule has 0 atom stereocenters. The summed E-state index contributed by atoms with van der Waals surface area (Å²) in [5.41, 5.74) is 0.402. The summed E-state index contributed by atoms with van der Waals surface area (Å²) >= 11 is 6.21. The van der Waals surface area contributed by atoms with Crippen molar-refractivity contribution in [3.8, 4) is 10.6 Å². The molecular formula is C20H17BrF3NO2S2. The van der Waals surface area contributed by atoms with Gasteiger partial charge in [0.1, 0.15) is 9.88 Å². The number of aromatic nitrogens is 1.